The van der Waals surface area contributed by atoms with Crippen molar-refractivity contribution in [2.24, 2.45) is 0 Å². The number of aromatic nitrogens is 3. The number of piperazine rings is 1. The summed E-state index contributed by atoms with van der Waals surface area (Å²) in [6.45, 7) is 6.10. The molecule has 0 spiro atoms. The van der Waals surface area contributed by atoms with Crippen LogP contribution >= 0.6 is 12.2 Å². The summed E-state index contributed by atoms with van der Waals surface area (Å²) in [5.41, 5.74) is 3.27. The summed E-state index contributed by atoms with van der Waals surface area (Å²) >= 11 is 5.30. The van der Waals surface area contributed by atoms with Gasteiger partial charge in [0.1, 0.15) is 0 Å². The molecule has 0 unspecified atom stereocenters. The van der Waals surface area contributed by atoms with E-state index < -0.39 is 0 Å². The molecule has 33 heavy (non-hydrogen) atoms. The highest BCUT2D eigenvalue weighted by atomic mass is 32.1. The molecule has 1 fully saturated rings. The molecule has 7 nitrogen and oxygen atoms in total. The van der Waals surface area contributed by atoms with Gasteiger partial charge in [-0.05, 0) is 49.0 Å². The largest absolute Gasteiger partial charge is 0.336 e. The molecule has 3 heterocycles. The van der Waals surface area contributed by atoms with E-state index in [1.54, 1.807) is 18.2 Å². The predicted octanol–water partition coefficient (Wildman–Crippen LogP) is 3.59. The number of amides is 1. The molecule has 0 atom stereocenters. The van der Waals surface area contributed by atoms with Gasteiger partial charge in [-0.25, -0.2) is 0 Å². The minimum atomic E-state index is -0.133. The van der Waals surface area contributed by atoms with Gasteiger partial charge in [0.25, 0.3) is 11.5 Å². The Morgan fingerprint density at radius 2 is 1.88 bits per heavy atom. The molecule has 4 aromatic rings. The monoisotopic (exact) mass is 459 g/mol. The van der Waals surface area contributed by atoms with Crippen LogP contribution in [0.4, 0.5) is 0 Å². The van der Waals surface area contributed by atoms with E-state index in [1.807, 2.05) is 24.1 Å². The lowest BCUT2D eigenvalue weighted by Gasteiger charge is -2.35. The van der Waals surface area contributed by atoms with Gasteiger partial charge in [0.15, 0.2) is 4.77 Å². The van der Waals surface area contributed by atoms with Gasteiger partial charge in [-0.1, -0.05) is 24.3 Å². The highest BCUT2D eigenvalue weighted by Gasteiger charge is 2.23. The molecule has 168 valence electrons. The molecule has 5 rings (SSSR count). The maximum atomic E-state index is 13.2. The Morgan fingerprint density at radius 1 is 1.09 bits per heavy atom. The zero-order valence-electron chi connectivity index (χ0n) is 18.5. The molecule has 1 N–H and O–H groups in total. The highest BCUT2D eigenvalue weighted by molar-refractivity contribution is 7.71. The second-order valence-electron chi connectivity index (χ2n) is 8.30. The number of benzene rings is 2. The Balaban J connectivity index is 1.30. The topological polar surface area (TPSA) is 74.2 Å². The second kappa shape index (κ2) is 8.88. The van der Waals surface area contributed by atoms with Gasteiger partial charge in [0.2, 0.25) is 0 Å². The van der Waals surface area contributed by atoms with Crippen molar-refractivity contribution in [2.75, 3.05) is 26.2 Å². The van der Waals surface area contributed by atoms with Crippen molar-refractivity contribution in [3.63, 3.8) is 0 Å². The molecule has 1 saturated heterocycles. The molecule has 0 bridgehead atoms. The third kappa shape index (κ3) is 4.07. The number of carbonyl (C=O) groups excluding carboxylic acids is 1. The number of pyridine rings is 1. The SMILES string of the molecule is CCn1c(=S)[nH]c2cc(C(=O)N3CCN(Cc4cccc5cccnc45)CC3)ccc2c1=O. The van der Waals surface area contributed by atoms with E-state index in [9.17, 15) is 9.59 Å². The minimum Gasteiger partial charge on any atom is -0.336 e. The molecule has 1 aliphatic rings. The number of carbonyl (C=O) groups is 1. The molecule has 2 aromatic heterocycles. The van der Waals surface area contributed by atoms with Crippen LogP contribution in [-0.2, 0) is 13.1 Å². The summed E-state index contributed by atoms with van der Waals surface area (Å²) in [6, 6.07) is 15.5. The second-order valence-corrected chi connectivity index (χ2v) is 8.69. The maximum absolute atomic E-state index is 13.2. The van der Waals surface area contributed by atoms with E-state index in [2.05, 4.69) is 39.1 Å². The first kappa shape index (κ1) is 21.5. The Hall–Kier alpha value is -3.36. The highest BCUT2D eigenvalue weighted by Crippen LogP contribution is 2.19. The van der Waals surface area contributed by atoms with Crippen LogP contribution in [0.25, 0.3) is 21.8 Å². The quantitative estimate of drug-likeness (QED) is 0.472. The van der Waals surface area contributed by atoms with Crippen molar-refractivity contribution < 1.29 is 4.79 Å². The zero-order valence-corrected chi connectivity index (χ0v) is 19.3. The molecule has 0 radical (unpaired) electrons. The van der Waals surface area contributed by atoms with Crippen LogP contribution < -0.4 is 5.56 Å². The number of H-pyrrole nitrogens is 1. The van der Waals surface area contributed by atoms with E-state index in [4.69, 9.17) is 12.2 Å². The fourth-order valence-electron chi connectivity index (χ4n) is 4.50. The van der Waals surface area contributed by atoms with Gasteiger partial charge in [-0.15, -0.1) is 0 Å². The molecule has 1 aliphatic heterocycles. The van der Waals surface area contributed by atoms with Crippen LogP contribution in [0.1, 0.15) is 22.8 Å². The summed E-state index contributed by atoms with van der Waals surface area (Å²) in [5.74, 6) is -0.0256. The normalized spacial score (nSPS) is 14.8. The summed E-state index contributed by atoms with van der Waals surface area (Å²) < 4.78 is 1.89. The Morgan fingerprint density at radius 3 is 2.67 bits per heavy atom. The summed E-state index contributed by atoms with van der Waals surface area (Å²) in [7, 11) is 0. The predicted molar refractivity (Wildman–Crippen MR) is 132 cm³/mol. The fourth-order valence-corrected chi connectivity index (χ4v) is 4.82. The average molecular weight is 460 g/mol. The number of nitrogens with one attached hydrogen (secondary N) is 1. The average Bonchev–Trinajstić information content (AvgIpc) is 2.84. The Labute approximate surface area is 196 Å². The number of hydrogen-bond donors (Lipinski definition) is 1. The number of aromatic amines is 1. The van der Waals surface area contributed by atoms with Gasteiger partial charge in [0, 0.05) is 56.4 Å². The van der Waals surface area contributed by atoms with Crippen LogP contribution in [-0.4, -0.2) is 56.4 Å². The van der Waals surface area contributed by atoms with Crippen LogP contribution in [0.3, 0.4) is 0 Å². The minimum absolute atomic E-state index is 0.0256. The van der Waals surface area contributed by atoms with Gasteiger partial charge < -0.3 is 9.88 Å². The smallest absolute Gasteiger partial charge is 0.262 e. The van der Waals surface area contributed by atoms with Crippen LogP contribution in [0.2, 0.25) is 0 Å². The molecule has 8 heteroatoms. The molecule has 1 amide bonds. The van der Waals surface area contributed by atoms with Crippen molar-refractivity contribution >= 4 is 39.9 Å². The molecule has 2 aromatic carbocycles. The Kier molecular flexibility index (Phi) is 5.78. The molecule has 0 saturated carbocycles. The van der Waals surface area contributed by atoms with Gasteiger partial charge in [-0.3, -0.25) is 24.0 Å². The lowest BCUT2D eigenvalue weighted by atomic mass is 10.1. The van der Waals surface area contributed by atoms with E-state index in [1.165, 1.54) is 10.1 Å². The van der Waals surface area contributed by atoms with E-state index in [0.717, 1.165) is 30.5 Å². The molecule has 0 aliphatic carbocycles. The fraction of sp³-hybridized carbons (Fsp3) is 0.280. The van der Waals surface area contributed by atoms with Crippen molar-refractivity contribution in [3.05, 3.63) is 81.0 Å². The third-order valence-electron chi connectivity index (χ3n) is 6.31. The lowest BCUT2D eigenvalue weighted by molar-refractivity contribution is 0.0629. The van der Waals surface area contributed by atoms with Gasteiger partial charge >= 0.3 is 0 Å². The summed E-state index contributed by atoms with van der Waals surface area (Å²) in [4.78, 5) is 37.6. The standard InChI is InChI=1S/C25H25N5O2S/c1-2-30-24(32)20-9-8-18(15-21(20)27-25(30)33)23(31)29-13-11-28(12-14-29)16-19-6-3-5-17-7-4-10-26-22(17)19/h3-10,15H,2,11-14,16H2,1H3,(H,27,33). The first-order valence-corrected chi connectivity index (χ1v) is 11.6. The van der Waals surface area contributed by atoms with Crippen molar-refractivity contribution in [2.45, 2.75) is 20.0 Å². The van der Waals surface area contributed by atoms with Crippen LogP contribution in [0, 0.1) is 4.77 Å². The van der Waals surface area contributed by atoms with Crippen LogP contribution in [0.5, 0.6) is 0 Å². The van der Waals surface area contributed by atoms with Gasteiger partial charge in [-0.2, -0.15) is 0 Å². The number of para-hydroxylation sites is 1. The number of rotatable bonds is 4. The van der Waals surface area contributed by atoms with Crippen LogP contribution in [0.15, 0.2) is 59.5 Å². The summed E-state index contributed by atoms with van der Waals surface area (Å²) in [6.07, 6.45) is 1.83. The first-order chi connectivity index (χ1) is 16.0. The summed E-state index contributed by atoms with van der Waals surface area (Å²) in [5, 5.41) is 1.68. The number of hydrogen-bond acceptors (Lipinski definition) is 5. The Bertz CT molecular complexity index is 1460. The lowest BCUT2D eigenvalue weighted by Crippen LogP contribution is -2.48. The molecular weight excluding hydrogens is 434 g/mol. The van der Waals surface area contributed by atoms with E-state index in [-0.39, 0.29) is 11.5 Å². The van der Waals surface area contributed by atoms with E-state index in [0.29, 0.717) is 40.9 Å². The zero-order chi connectivity index (χ0) is 22.9. The number of nitrogens with zero attached hydrogens (tertiary/aromatic N) is 4. The molecular formula is C25H25N5O2S. The number of fused-ring (bicyclic) bond motifs is 2. The van der Waals surface area contributed by atoms with Crippen molar-refractivity contribution in [1.82, 2.24) is 24.3 Å². The van der Waals surface area contributed by atoms with Crippen molar-refractivity contribution in [1.29, 1.82) is 0 Å². The van der Waals surface area contributed by atoms with Crippen molar-refractivity contribution in [3.8, 4) is 0 Å². The van der Waals surface area contributed by atoms with E-state index >= 15 is 0 Å². The van der Waals surface area contributed by atoms with Gasteiger partial charge in [0.05, 0.1) is 16.4 Å². The third-order valence-corrected chi connectivity index (χ3v) is 6.64. The first-order valence-electron chi connectivity index (χ1n) is 11.2. The maximum Gasteiger partial charge on any atom is 0.262 e.